The van der Waals surface area contributed by atoms with Crippen LogP contribution in [0.5, 0.6) is 0 Å². The van der Waals surface area contributed by atoms with Crippen molar-refractivity contribution < 1.29 is 8.42 Å². The Labute approximate surface area is 107 Å². The van der Waals surface area contributed by atoms with Crippen molar-refractivity contribution in [3.05, 3.63) is 35.5 Å². The number of rotatable bonds is 5. The van der Waals surface area contributed by atoms with E-state index in [2.05, 4.69) is 9.71 Å². The molecule has 0 aliphatic heterocycles. The minimum absolute atomic E-state index is 0.175. The first-order chi connectivity index (χ1) is 8.53. The van der Waals surface area contributed by atoms with E-state index >= 15 is 0 Å². The van der Waals surface area contributed by atoms with Gasteiger partial charge in [0.05, 0.1) is 5.75 Å². The molecule has 18 heavy (non-hydrogen) atoms. The van der Waals surface area contributed by atoms with Crippen LogP contribution in [0.25, 0.3) is 10.9 Å². The monoisotopic (exact) mass is 266 g/mol. The molecule has 0 aliphatic carbocycles. The maximum absolute atomic E-state index is 11.7. The highest BCUT2D eigenvalue weighted by Crippen LogP contribution is 2.21. The second-order valence-electron chi connectivity index (χ2n) is 4.41. The van der Waals surface area contributed by atoms with E-state index in [1.165, 1.54) is 0 Å². The molecule has 0 aliphatic rings. The Morgan fingerprint density at radius 1 is 1.28 bits per heavy atom. The third-order valence-electron chi connectivity index (χ3n) is 2.97. The Hall–Kier alpha value is -1.33. The highest BCUT2D eigenvalue weighted by molar-refractivity contribution is 7.89. The van der Waals surface area contributed by atoms with E-state index in [1.54, 1.807) is 0 Å². The van der Waals surface area contributed by atoms with Gasteiger partial charge in [-0.25, -0.2) is 13.1 Å². The van der Waals surface area contributed by atoms with Crippen LogP contribution in [0.1, 0.15) is 24.6 Å². The Morgan fingerprint density at radius 3 is 2.72 bits per heavy atom. The van der Waals surface area contributed by atoms with E-state index < -0.39 is 10.0 Å². The van der Waals surface area contributed by atoms with Crippen LogP contribution < -0.4 is 4.72 Å². The first-order valence-electron chi connectivity index (χ1n) is 6.07. The molecule has 98 valence electrons. The zero-order valence-corrected chi connectivity index (χ0v) is 11.5. The molecule has 0 unspecified atom stereocenters. The largest absolute Gasteiger partial charge is 0.358 e. The third kappa shape index (κ3) is 2.73. The first kappa shape index (κ1) is 13.1. The van der Waals surface area contributed by atoms with Crippen molar-refractivity contribution in [3.63, 3.8) is 0 Å². The van der Waals surface area contributed by atoms with Crippen LogP contribution >= 0.6 is 0 Å². The second kappa shape index (κ2) is 5.12. The number of sulfonamides is 1. The van der Waals surface area contributed by atoms with Gasteiger partial charge >= 0.3 is 0 Å². The number of aromatic nitrogens is 1. The molecule has 0 fully saturated rings. The van der Waals surface area contributed by atoms with E-state index in [4.69, 9.17) is 0 Å². The molecule has 2 N–H and O–H groups in total. The van der Waals surface area contributed by atoms with Crippen molar-refractivity contribution in [2.45, 2.75) is 26.8 Å². The lowest BCUT2D eigenvalue weighted by Gasteiger charge is -2.05. The SMILES string of the molecule is CCCS(=O)(=O)NCc1c(C)[nH]c2ccccc12. The molecule has 4 nitrogen and oxygen atoms in total. The Kier molecular flexibility index (Phi) is 3.73. The zero-order valence-electron chi connectivity index (χ0n) is 10.7. The number of hydrogen-bond donors (Lipinski definition) is 2. The predicted octanol–water partition coefficient (Wildman–Crippen LogP) is 2.31. The Bertz CT molecular complexity index is 644. The predicted molar refractivity (Wildman–Crippen MR) is 74.0 cm³/mol. The van der Waals surface area contributed by atoms with Crippen LogP contribution in [0.15, 0.2) is 24.3 Å². The number of fused-ring (bicyclic) bond motifs is 1. The summed E-state index contributed by atoms with van der Waals surface area (Å²) in [6, 6.07) is 7.91. The summed E-state index contributed by atoms with van der Waals surface area (Å²) in [6.07, 6.45) is 0.627. The normalized spacial score (nSPS) is 12.1. The molecule has 1 heterocycles. The first-order valence-corrected chi connectivity index (χ1v) is 7.72. The summed E-state index contributed by atoms with van der Waals surface area (Å²) >= 11 is 0. The highest BCUT2D eigenvalue weighted by Gasteiger charge is 2.12. The van der Waals surface area contributed by atoms with Crippen LogP contribution in [0, 0.1) is 6.92 Å². The number of benzene rings is 1. The number of hydrogen-bond acceptors (Lipinski definition) is 2. The maximum Gasteiger partial charge on any atom is 0.211 e. The van der Waals surface area contributed by atoms with Gasteiger partial charge in [-0.2, -0.15) is 0 Å². The minimum Gasteiger partial charge on any atom is -0.358 e. The molecule has 5 heteroatoms. The molecule has 0 amide bonds. The fraction of sp³-hybridized carbons (Fsp3) is 0.385. The Morgan fingerprint density at radius 2 is 2.00 bits per heavy atom. The van der Waals surface area contributed by atoms with Gasteiger partial charge < -0.3 is 4.98 Å². The minimum atomic E-state index is -3.16. The molecule has 1 aromatic heterocycles. The van der Waals surface area contributed by atoms with E-state index in [0.29, 0.717) is 13.0 Å². The summed E-state index contributed by atoms with van der Waals surface area (Å²) in [4.78, 5) is 3.26. The molecule has 0 saturated carbocycles. The van der Waals surface area contributed by atoms with Crippen molar-refractivity contribution in [1.29, 1.82) is 0 Å². The lowest BCUT2D eigenvalue weighted by atomic mass is 10.1. The standard InChI is InChI=1S/C13H18N2O2S/c1-3-8-18(16,17)14-9-12-10(2)15-13-7-5-4-6-11(12)13/h4-7,14-15H,3,8-9H2,1-2H3. The van der Waals surface area contributed by atoms with E-state index in [-0.39, 0.29) is 5.75 Å². The molecule has 2 aromatic rings. The summed E-state index contributed by atoms with van der Waals surface area (Å²) in [7, 11) is -3.16. The quantitative estimate of drug-likeness (QED) is 0.872. The number of H-pyrrole nitrogens is 1. The van der Waals surface area contributed by atoms with E-state index in [0.717, 1.165) is 22.2 Å². The van der Waals surface area contributed by atoms with Gasteiger partial charge in [0.1, 0.15) is 0 Å². The third-order valence-corrected chi connectivity index (χ3v) is 4.50. The molecule has 0 saturated heterocycles. The lowest BCUT2D eigenvalue weighted by molar-refractivity contribution is 0.580. The van der Waals surface area contributed by atoms with E-state index in [9.17, 15) is 8.42 Å². The summed E-state index contributed by atoms with van der Waals surface area (Å²) < 4.78 is 26.0. The number of aryl methyl sites for hydroxylation is 1. The molecule has 0 radical (unpaired) electrons. The van der Waals surface area contributed by atoms with Crippen LogP contribution in [-0.4, -0.2) is 19.2 Å². The molecular weight excluding hydrogens is 248 g/mol. The molecule has 2 rings (SSSR count). The van der Waals surface area contributed by atoms with Gasteiger partial charge in [-0.3, -0.25) is 0 Å². The van der Waals surface area contributed by atoms with Crippen LogP contribution in [0.2, 0.25) is 0 Å². The van der Waals surface area contributed by atoms with Crippen molar-refractivity contribution in [3.8, 4) is 0 Å². The smallest absolute Gasteiger partial charge is 0.211 e. The number of para-hydroxylation sites is 1. The van der Waals surface area contributed by atoms with Gasteiger partial charge in [-0.15, -0.1) is 0 Å². The zero-order chi connectivity index (χ0) is 13.2. The molecule has 0 spiro atoms. The Balaban J connectivity index is 2.25. The van der Waals surface area contributed by atoms with Gasteiger partial charge in [0.2, 0.25) is 10.0 Å². The van der Waals surface area contributed by atoms with Crippen molar-refractivity contribution in [2.24, 2.45) is 0 Å². The van der Waals surface area contributed by atoms with Gasteiger partial charge in [0.15, 0.2) is 0 Å². The second-order valence-corrected chi connectivity index (χ2v) is 6.34. The summed E-state index contributed by atoms with van der Waals surface area (Å²) in [5.41, 5.74) is 3.07. The molecule has 1 aromatic carbocycles. The van der Waals surface area contributed by atoms with Crippen molar-refractivity contribution in [1.82, 2.24) is 9.71 Å². The topological polar surface area (TPSA) is 62.0 Å². The summed E-state index contributed by atoms with van der Waals surface area (Å²) in [5.74, 6) is 0.175. The fourth-order valence-corrected chi connectivity index (χ4v) is 3.13. The molecule has 0 bridgehead atoms. The fourth-order valence-electron chi connectivity index (χ4n) is 2.09. The van der Waals surface area contributed by atoms with Gasteiger partial charge in [0.25, 0.3) is 0 Å². The molecular formula is C13H18N2O2S. The van der Waals surface area contributed by atoms with Crippen molar-refractivity contribution >= 4 is 20.9 Å². The summed E-state index contributed by atoms with van der Waals surface area (Å²) in [5, 5.41) is 1.08. The van der Waals surface area contributed by atoms with Crippen LogP contribution in [-0.2, 0) is 16.6 Å². The van der Waals surface area contributed by atoms with Crippen molar-refractivity contribution in [2.75, 3.05) is 5.75 Å². The highest BCUT2D eigenvalue weighted by atomic mass is 32.2. The maximum atomic E-state index is 11.7. The molecule has 0 atom stereocenters. The lowest BCUT2D eigenvalue weighted by Crippen LogP contribution is -2.25. The van der Waals surface area contributed by atoms with Gasteiger partial charge in [0, 0.05) is 23.1 Å². The average Bonchev–Trinajstić information content (AvgIpc) is 2.62. The van der Waals surface area contributed by atoms with Crippen LogP contribution in [0.3, 0.4) is 0 Å². The average molecular weight is 266 g/mol. The van der Waals surface area contributed by atoms with E-state index in [1.807, 2.05) is 38.1 Å². The number of aromatic amines is 1. The van der Waals surface area contributed by atoms with Crippen LogP contribution in [0.4, 0.5) is 0 Å². The summed E-state index contributed by atoms with van der Waals surface area (Å²) in [6.45, 7) is 4.16. The number of nitrogens with one attached hydrogen (secondary N) is 2. The van der Waals surface area contributed by atoms with Gasteiger partial charge in [-0.1, -0.05) is 25.1 Å². The van der Waals surface area contributed by atoms with Gasteiger partial charge in [-0.05, 0) is 25.0 Å².